The van der Waals surface area contributed by atoms with Crippen molar-refractivity contribution in [2.45, 2.75) is 38.4 Å². The number of nitrogens with zero attached hydrogens (tertiary/aromatic N) is 1. The number of hydrogen-bond donors (Lipinski definition) is 1. The molecule has 2 nitrogen and oxygen atoms in total. The molecule has 0 radical (unpaired) electrons. The number of piperidine rings is 1. The molecule has 0 aromatic heterocycles. The van der Waals surface area contributed by atoms with Crippen LogP contribution in [0.2, 0.25) is 5.02 Å². The number of benzene rings is 1. The van der Waals surface area contributed by atoms with E-state index < -0.39 is 11.7 Å². The minimum atomic E-state index is -4.37. The predicted molar refractivity (Wildman–Crippen MR) is 80.0 cm³/mol. The zero-order chi connectivity index (χ0) is 15.5. The monoisotopic (exact) mass is 320 g/mol. The molecular weight excluding hydrogens is 301 g/mol. The van der Waals surface area contributed by atoms with Crippen LogP contribution in [0.4, 0.5) is 18.9 Å². The number of rotatable bonds is 4. The lowest BCUT2D eigenvalue weighted by Crippen LogP contribution is -2.46. The molecule has 1 aromatic carbocycles. The third-order valence-corrected chi connectivity index (χ3v) is 3.90. The molecule has 1 N–H and O–H groups in total. The highest BCUT2D eigenvalue weighted by molar-refractivity contribution is 6.30. The lowest BCUT2D eigenvalue weighted by molar-refractivity contribution is -0.137. The average molecular weight is 321 g/mol. The third kappa shape index (κ3) is 4.51. The van der Waals surface area contributed by atoms with Gasteiger partial charge in [0.2, 0.25) is 0 Å². The summed E-state index contributed by atoms with van der Waals surface area (Å²) in [5.41, 5.74) is -0.133. The minimum Gasteiger partial charge on any atom is -0.370 e. The summed E-state index contributed by atoms with van der Waals surface area (Å²) in [6.45, 7) is 4.52. The number of nitrogens with one attached hydrogen (secondary N) is 1. The Morgan fingerprint density at radius 3 is 2.76 bits per heavy atom. The topological polar surface area (TPSA) is 15.3 Å². The molecule has 1 fully saturated rings. The highest BCUT2D eigenvalue weighted by atomic mass is 35.5. The van der Waals surface area contributed by atoms with Gasteiger partial charge in [-0.3, -0.25) is 0 Å². The van der Waals surface area contributed by atoms with Crippen molar-refractivity contribution in [2.24, 2.45) is 0 Å². The van der Waals surface area contributed by atoms with E-state index in [1.54, 1.807) is 6.07 Å². The average Bonchev–Trinajstić information content (AvgIpc) is 2.44. The maximum Gasteiger partial charge on any atom is 0.416 e. The molecule has 1 saturated heterocycles. The second-order valence-electron chi connectivity index (χ2n) is 5.44. The van der Waals surface area contributed by atoms with Crippen LogP contribution in [0.1, 0.15) is 31.7 Å². The van der Waals surface area contributed by atoms with Crippen LogP contribution in [-0.2, 0) is 6.18 Å². The van der Waals surface area contributed by atoms with Gasteiger partial charge in [0.05, 0.1) is 5.56 Å². The zero-order valence-corrected chi connectivity index (χ0v) is 12.8. The molecule has 21 heavy (non-hydrogen) atoms. The minimum absolute atomic E-state index is 0.128. The van der Waals surface area contributed by atoms with E-state index in [2.05, 4.69) is 12.2 Å². The molecule has 1 heterocycles. The Bertz CT molecular complexity index is 476. The lowest BCUT2D eigenvalue weighted by Gasteiger charge is -2.35. The molecule has 1 atom stereocenters. The highest BCUT2D eigenvalue weighted by Crippen LogP contribution is 2.35. The number of anilines is 1. The second-order valence-corrected chi connectivity index (χ2v) is 5.87. The van der Waals surface area contributed by atoms with Crippen molar-refractivity contribution >= 4 is 17.3 Å². The first-order valence-electron chi connectivity index (χ1n) is 7.26. The van der Waals surface area contributed by atoms with Crippen molar-refractivity contribution in [2.75, 3.05) is 24.5 Å². The van der Waals surface area contributed by atoms with E-state index in [1.165, 1.54) is 6.07 Å². The summed E-state index contributed by atoms with van der Waals surface area (Å²) in [5.74, 6) is 0. The molecule has 0 amide bonds. The van der Waals surface area contributed by atoms with Gasteiger partial charge in [0, 0.05) is 29.8 Å². The number of halogens is 4. The number of hydrogen-bond acceptors (Lipinski definition) is 2. The van der Waals surface area contributed by atoms with Crippen molar-refractivity contribution in [3.63, 3.8) is 0 Å². The zero-order valence-electron chi connectivity index (χ0n) is 12.0. The Morgan fingerprint density at radius 2 is 2.10 bits per heavy atom. The van der Waals surface area contributed by atoms with Crippen LogP contribution in [0, 0.1) is 0 Å². The normalized spacial score (nSPS) is 19.9. The first-order valence-corrected chi connectivity index (χ1v) is 7.64. The fourth-order valence-electron chi connectivity index (χ4n) is 2.65. The van der Waals surface area contributed by atoms with Gasteiger partial charge in [-0.15, -0.1) is 0 Å². The van der Waals surface area contributed by atoms with Crippen LogP contribution in [0.5, 0.6) is 0 Å². The summed E-state index contributed by atoms with van der Waals surface area (Å²) < 4.78 is 38.6. The molecule has 0 spiro atoms. The molecule has 0 aliphatic carbocycles. The van der Waals surface area contributed by atoms with Crippen molar-refractivity contribution in [3.05, 3.63) is 28.8 Å². The van der Waals surface area contributed by atoms with Gasteiger partial charge in [0.15, 0.2) is 0 Å². The predicted octanol–water partition coefficient (Wildman–Crippen LogP) is 4.33. The molecule has 2 rings (SSSR count). The molecule has 0 bridgehead atoms. The summed E-state index contributed by atoms with van der Waals surface area (Å²) in [5, 5.41) is 3.56. The Hall–Kier alpha value is -0.940. The van der Waals surface area contributed by atoms with Crippen molar-refractivity contribution in [1.82, 2.24) is 5.32 Å². The van der Waals surface area contributed by atoms with E-state index in [9.17, 15) is 13.2 Å². The van der Waals surface area contributed by atoms with E-state index in [0.717, 1.165) is 45.0 Å². The van der Waals surface area contributed by atoms with Crippen LogP contribution in [0.15, 0.2) is 18.2 Å². The van der Waals surface area contributed by atoms with E-state index in [-0.39, 0.29) is 5.02 Å². The first-order chi connectivity index (χ1) is 9.90. The quantitative estimate of drug-likeness (QED) is 0.888. The summed E-state index contributed by atoms with van der Waals surface area (Å²) in [4.78, 5) is 1.98. The van der Waals surface area contributed by atoms with Gasteiger partial charge in [-0.1, -0.05) is 18.5 Å². The van der Waals surface area contributed by atoms with Crippen molar-refractivity contribution < 1.29 is 13.2 Å². The van der Waals surface area contributed by atoms with E-state index in [1.807, 2.05) is 4.90 Å². The Morgan fingerprint density at radius 1 is 1.33 bits per heavy atom. The molecule has 0 saturated carbocycles. The molecule has 118 valence electrons. The van der Waals surface area contributed by atoms with E-state index in [4.69, 9.17) is 11.6 Å². The highest BCUT2D eigenvalue weighted by Gasteiger charge is 2.32. The summed E-state index contributed by atoms with van der Waals surface area (Å²) in [7, 11) is 0. The molecule has 1 aromatic rings. The van der Waals surface area contributed by atoms with Gasteiger partial charge < -0.3 is 10.2 Å². The van der Waals surface area contributed by atoms with Gasteiger partial charge in [0.25, 0.3) is 0 Å². The SMILES string of the molecule is CCCNC1CCCN(c2cc(Cl)cc(C(F)(F)F)c2)C1. The van der Waals surface area contributed by atoms with Gasteiger partial charge in [-0.05, 0) is 44.0 Å². The van der Waals surface area contributed by atoms with E-state index >= 15 is 0 Å². The molecular formula is C15H20ClF3N2. The summed E-state index contributed by atoms with van der Waals surface area (Å²) in [6.07, 6.45) is -1.29. The Balaban J connectivity index is 2.15. The van der Waals surface area contributed by atoms with Crippen LogP contribution in [0.25, 0.3) is 0 Å². The fourth-order valence-corrected chi connectivity index (χ4v) is 2.88. The van der Waals surface area contributed by atoms with E-state index in [0.29, 0.717) is 11.7 Å². The molecule has 6 heteroatoms. The van der Waals surface area contributed by atoms with Gasteiger partial charge in [-0.2, -0.15) is 13.2 Å². The van der Waals surface area contributed by atoms with Crippen LogP contribution >= 0.6 is 11.6 Å². The van der Waals surface area contributed by atoms with Crippen LogP contribution in [-0.4, -0.2) is 25.7 Å². The second kappa shape index (κ2) is 6.88. The third-order valence-electron chi connectivity index (χ3n) is 3.68. The smallest absolute Gasteiger partial charge is 0.370 e. The number of alkyl halides is 3. The first kappa shape index (κ1) is 16.4. The molecule has 1 aliphatic heterocycles. The van der Waals surface area contributed by atoms with Crippen molar-refractivity contribution in [1.29, 1.82) is 0 Å². The maximum absolute atomic E-state index is 12.9. The fraction of sp³-hybridized carbons (Fsp3) is 0.600. The largest absolute Gasteiger partial charge is 0.416 e. The van der Waals surface area contributed by atoms with Crippen molar-refractivity contribution in [3.8, 4) is 0 Å². The molecule has 1 aliphatic rings. The van der Waals surface area contributed by atoms with Crippen LogP contribution < -0.4 is 10.2 Å². The van der Waals surface area contributed by atoms with Gasteiger partial charge in [0.1, 0.15) is 0 Å². The van der Waals surface area contributed by atoms with Gasteiger partial charge >= 0.3 is 6.18 Å². The maximum atomic E-state index is 12.9. The standard InChI is InChI=1S/C15H20ClF3N2/c1-2-5-20-13-4-3-6-21(10-13)14-8-11(15(17,18)19)7-12(16)9-14/h7-9,13,20H,2-6,10H2,1H3. The summed E-state index contributed by atoms with van der Waals surface area (Å²) >= 11 is 5.85. The van der Waals surface area contributed by atoms with Gasteiger partial charge in [-0.25, -0.2) is 0 Å². The summed E-state index contributed by atoms with van der Waals surface area (Å²) in [6, 6.07) is 4.10. The lowest BCUT2D eigenvalue weighted by atomic mass is 10.0. The molecule has 1 unspecified atom stereocenters. The van der Waals surface area contributed by atoms with Crippen LogP contribution in [0.3, 0.4) is 0 Å². The Kier molecular flexibility index (Phi) is 5.38. The Labute approximate surface area is 128 Å².